The Kier molecular flexibility index (Phi) is 42.6. The lowest BCUT2D eigenvalue weighted by Crippen LogP contribution is -2.19. The summed E-state index contributed by atoms with van der Waals surface area (Å²) in [4.78, 5) is 66.8. The minimum atomic E-state index is -3.78. The van der Waals surface area contributed by atoms with E-state index in [1.807, 2.05) is 78.2 Å². The number of aromatic nitrogens is 3. The monoisotopic (exact) mass is 2030 g/mol. The van der Waals surface area contributed by atoms with Gasteiger partial charge in [-0.3, -0.25) is 57.7 Å². The summed E-state index contributed by atoms with van der Waals surface area (Å²) in [6.45, 7) is 9.95. The second kappa shape index (κ2) is 51.5. The average Bonchev–Trinajstić information content (AvgIpc) is 0.798. The van der Waals surface area contributed by atoms with E-state index in [2.05, 4.69) is 25.0 Å². The van der Waals surface area contributed by atoms with Crippen LogP contribution in [0.5, 0.6) is 0 Å². The maximum atomic E-state index is 14.6. The molecule has 0 atom stereocenters. The second-order valence-electron chi connectivity index (χ2n) is 28.0. The summed E-state index contributed by atoms with van der Waals surface area (Å²) in [7, 11) is -22.0. The van der Waals surface area contributed by atoms with Gasteiger partial charge in [0.1, 0.15) is 63.2 Å². The van der Waals surface area contributed by atoms with Gasteiger partial charge in [0.25, 0.3) is 5.91 Å². The molecule has 3 aromatic heterocycles. The van der Waals surface area contributed by atoms with E-state index in [9.17, 15) is 127 Å². The highest BCUT2D eigenvalue weighted by Crippen LogP contribution is 2.32. The van der Waals surface area contributed by atoms with Crippen molar-refractivity contribution >= 4 is 180 Å². The van der Waals surface area contributed by atoms with E-state index >= 15 is 0 Å². The van der Waals surface area contributed by atoms with Crippen molar-refractivity contribution < 1.29 is 137 Å². The molecule has 0 unspecified atom stereocenters. The molecule has 50 heteroatoms. The lowest BCUT2D eigenvalue weighted by molar-refractivity contribution is 0.0679. The first kappa shape index (κ1) is 113. The van der Waals surface area contributed by atoms with E-state index in [1.165, 1.54) is 12.4 Å². The molecule has 12 aromatic rings. The van der Waals surface area contributed by atoms with Crippen LogP contribution in [-0.4, -0.2) is 141 Å². The van der Waals surface area contributed by atoms with Crippen molar-refractivity contribution in [3.05, 3.63) is 280 Å². The van der Waals surface area contributed by atoms with Crippen LogP contribution in [0.4, 0.5) is 110 Å². The van der Waals surface area contributed by atoms with Crippen LogP contribution in [0.25, 0.3) is 32.7 Å². The molecule has 3 heterocycles. The van der Waals surface area contributed by atoms with Gasteiger partial charge in [0, 0.05) is 40.3 Å². The number of fused-ring (bicyclic) bond motifs is 3. The first-order chi connectivity index (χ1) is 63.8. The number of pyridine rings is 3. The Balaban J connectivity index is 0.000000278. The van der Waals surface area contributed by atoms with Gasteiger partial charge in [-0.15, -0.1) is 0 Å². The fourth-order valence-electron chi connectivity index (χ4n) is 10.9. The molecule has 12 rings (SSSR count). The van der Waals surface area contributed by atoms with E-state index < -0.39 is 199 Å². The number of aldehydes is 2. The highest BCUT2D eigenvalue weighted by atomic mass is 32.2. The average molecular weight is 2030 g/mol. The van der Waals surface area contributed by atoms with Gasteiger partial charge in [0.15, 0.2) is 47.5 Å². The Bertz CT molecular complexity index is 6840. The summed E-state index contributed by atoms with van der Waals surface area (Å²) in [5.74, 6) is -17.8. The van der Waals surface area contributed by atoms with Crippen LogP contribution in [0, 0.1) is 69.8 Å². The number of nitrogens with two attached hydrogens (primary N) is 3. The van der Waals surface area contributed by atoms with Crippen molar-refractivity contribution in [3.63, 3.8) is 0 Å². The Morgan fingerprint density at radius 3 is 0.926 bits per heavy atom. The van der Waals surface area contributed by atoms with Gasteiger partial charge in [-0.25, -0.2) is 113 Å². The Hall–Kier alpha value is -14.0. The highest BCUT2D eigenvalue weighted by molar-refractivity contribution is 7.94. The standard InChI is InChI=1S/C19H17F2N3O3S.C10H11F2NO4S.C10H11F2NO3S.C10H7NO2.C10H7NO.3C9H12F2N2O2S/c1-2-9-28(26,27)24-16-8-7-14(20)18(17(16)21)23-19(25)13-10-12-5-3-4-6-15(12)22-11-13;1-2-5-18(16,17)13-7-4-3-6(11)8(9(7)12)10(14)15;1-2-5-17(15,16)13-9-4-3-8(11)7(6-14)10(9)12;12-10(13)8-5-7-3-1-2-4-9(7)11-6-8;12-7-8-5-9-3-1-2-4-10(9)11-6-8;3*1-2-5-16(14,15)13-7-4-3-6(10)9(12)8(7)11/h3-8,10-11,24H,2,9H2,1H3,(H,23,25);3-4,13H,2,5H2,1H3,(H,14,15);3-4,6,13H,2,5H2,1H3;1-6H,(H,12,13);1-7H;3*3-4,13H,2,5,12H2,1H3. The number of benzene rings is 9. The van der Waals surface area contributed by atoms with Gasteiger partial charge >= 0.3 is 11.9 Å². The number of nitrogens with zero attached hydrogens (tertiary/aromatic N) is 3. The molecule has 0 saturated heterocycles. The molecule has 0 aliphatic carbocycles. The number of halogens is 12. The number of para-hydroxylation sites is 3. The molecule has 0 spiro atoms. The number of anilines is 10. The molecule has 9 aromatic carbocycles. The van der Waals surface area contributed by atoms with Crippen molar-refractivity contribution in [2.24, 2.45) is 0 Å². The van der Waals surface area contributed by atoms with Gasteiger partial charge in [0.2, 0.25) is 60.1 Å². The number of carboxylic acids is 2. The number of hydrogen-bond donors (Lipinski definition) is 12. The fraction of sp³-hybridized carbons (Fsp3) is 0.209. The summed E-state index contributed by atoms with van der Waals surface area (Å²) < 4.78 is 309. The fourth-order valence-corrected chi connectivity index (χ4v) is 17.7. The van der Waals surface area contributed by atoms with Gasteiger partial charge in [-0.05, 0) is 148 Å². The molecule has 0 saturated carbocycles. The van der Waals surface area contributed by atoms with Gasteiger partial charge < -0.3 is 32.7 Å². The van der Waals surface area contributed by atoms with Crippen LogP contribution in [0.15, 0.2) is 182 Å². The third kappa shape index (κ3) is 34.5. The first-order valence-electron chi connectivity index (χ1n) is 39.7. The largest absolute Gasteiger partial charge is 0.478 e. The Morgan fingerprint density at radius 1 is 0.324 bits per heavy atom. The minimum absolute atomic E-state index is 0.00227. The number of amides is 1. The van der Waals surface area contributed by atoms with Crippen molar-refractivity contribution in [1.82, 2.24) is 15.0 Å². The molecule has 0 aliphatic heterocycles. The molecular formula is C86H89F12N13O19S6. The zero-order valence-electron chi connectivity index (χ0n) is 72.4. The van der Waals surface area contributed by atoms with Crippen LogP contribution >= 0.6 is 0 Å². The zero-order chi connectivity index (χ0) is 102. The quantitative estimate of drug-likeness (QED) is 0.0113. The van der Waals surface area contributed by atoms with Crippen molar-refractivity contribution in [3.8, 4) is 0 Å². The smallest absolute Gasteiger partial charge is 0.341 e. The van der Waals surface area contributed by atoms with Crippen molar-refractivity contribution in [1.29, 1.82) is 0 Å². The predicted octanol–water partition coefficient (Wildman–Crippen LogP) is 16.7. The number of carboxylic acid groups (broad SMARTS) is 2. The number of nitrogen functional groups attached to an aromatic ring is 3. The number of sulfonamides is 6. The van der Waals surface area contributed by atoms with Gasteiger partial charge in [0.05, 0.1) is 102 Å². The summed E-state index contributed by atoms with van der Waals surface area (Å²) in [6, 6.07) is 38.0. The van der Waals surface area contributed by atoms with E-state index in [1.54, 1.807) is 84.1 Å². The van der Waals surface area contributed by atoms with Gasteiger partial charge in [-0.1, -0.05) is 96.1 Å². The molecular weight excluding hydrogens is 1940 g/mol. The van der Waals surface area contributed by atoms with Crippen LogP contribution in [0.2, 0.25) is 0 Å². The van der Waals surface area contributed by atoms with Crippen LogP contribution in [0.1, 0.15) is 132 Å². The Labute approximate surface area is 773 Å². The zero-order valence-corrected chi connectivity index (χ0v) is 77.3. The molecule has 0 bridgehead atoms. The number of rotatable bonds is 30. The number of carbonyl (C=O) groups excluding carboxylic acids is 3. The van der Waals surface area contributed by atoms with E-state index in [4.69, 9.17) is 27.4 Å². The first-order valence-corrected chi connectivity index (χ1v) is 49.6. The third-order valence-electron chi connectivity index (χ3n) is 17.1. The minimum Gasteiger partial charge on any atom is -0.478 e. The van der Waals surface area contributed by atoms with Crippen molar-refractivity contribution in [2.75, 3.05) is 85.4 Å². The third-order valence-corrected chi connectivity index (χ3v) is 26.0. The van der Waals surface area contributed by atoms with Crippen LogP contribution < -0.4 is 50.9 Å². The molecule has 0 fully saturated rings. The summed E-state index contributed by atoms with van der Waals surface area (Å²) >= 11 is 0. The van der Waals surface area contributed by atoms with Crippen LogP contribution in [0.3, 0.4) is 0 Å². The molecule has 0 aliphatic rings. The topological polar surface area (TPSA) is 532 Å². The second-order valence-corrected chi connectivity index (χ2v) is 39.0. The maximum absolute atomic E-state index is 14.6. The summed E-state index contributed by atoms with van der Waals surface area (Å²) in [6.07, 6.45) is 7.23. The number of aromatic carboxylic acids is 2. The summed E-state index contributed by atoms with van der Waals surface area (Å²) in [5.41, 5.74) is 11.3. The lowest BCUT2D eigenvalue weighted by atomic mass is 10.1. The molecule has 136 heavy (non-hydrogen) atoms. The van der Waals surface area contributed by atoms with Crippen molar-refractivity contribution in [2.45, 2.75) is 80.1 Å². The molecule has 15 N–H and O–H groups in total. The Morgan fingerprint density at radius 2 is 0.603 bits per heavy atom. The SMILES string of the molecule is CCCS(=O)(=O)Nc1ccc(F)c(C(=O)O)c1F.CCCS(=O)(=O)Nc1ccc(F)c(C=O)c1F.CCCS(=O)(=O)Nc1ccc(F)c(N)c1F.CCCS(=O)(=O)Nc1ccc(F)c(N)c1F.CCCS(=O)(=O)Nc1ccc(F)c(N)c1F.CCCS(=O)(=O)Nc1ccc(F)c(NC(=O)c2cnc3ccccc3c2)c1F.O=C(O)c1cnc2ccccc2c1.O=Cc1cnc2ccccc2c1. The van der Waals surface area contributed by atoms with E-state index in [0.29, 0.717) is 61.1 Å². The summed E-state index contributed by atoms with van der Waals surface area (Å²) in [5, 5.41) is 22.0. The number of carbonyl (C=O) groups is 5. The predicted molar refractivity (Wildman–Crippen MR) is 495 cm³/mol. The van der Waals surface area contributed by atoms with E-state index in [-0.39, 0.29) is 69.0 Å². The molecule has 0 radical (unpaired) electrons. The number of nitrogens with one attached hydrogen (secondary N) is 7. The normalized spacial score (nSPS) is 11.1. The van der Waals surface area contributed by atoms with E-state index in [0.717, 1.165) is 94.8 Å². The highest BCUT2D eigenvalue weighted by Gasteiger charge is 2.26. The van der Waals surface area contributed by atoms with Gasteiger partial charge in [-0.2, -0.15) is 0 Å². The maximum Gasteiger partial charge on any atom is 0.341 e. The van der Waals surface area contributed by atoms with Crippen LogP contribution in [-0.2, 0) is 60.1 Å². The molecule has 32 nitrogen and oxygen atoms in total. The molecule has 732 valence electrons. The lowest BCUT2D eigenvalue weighted by Gasteiger charge is -2.13. The molecule has 1 amide bonds. The number of hydrogen-bond acceptors (Lipinski definition) is 23.